The van der Waals surface area contributed by atoms with Gasteiger partial charge in [0.2, 0.25) is 5.91 Å². The van der Waals surface area contributed by atoms with Crippen LogP contribution in [0.3, 0.4) is 0 Å². The number of carbonyl (C=O) groups is 1. The number of nitrogens with zero attached hydrogens (tertiary/aromatic N) is 4. The molecule has 9 heteroatoms. The molecule has 4 aromatic rings. The van der Waals surface area contributed by atoms with E-state index in [0.717, 1.165) is 5.56 Å². The molecule has 7 nitrogen and oxygen atoms in total. The number of thiazole rings is 1. The van der Waals surface area contributed by atoms with Crippen molar-refractivity contribution in [3.8, 4) is 0 Å². The summed E-state index contributed by atoms with van der Waals surface area (Å²) in [4.78, 5) is 35.9. The average Bonchev–Trinajstić information content (AvgIpc) is 3.18. The second-order valence-electron chi connectivity index (χ2n) is 6.70. The quantitative estimate of drug-likeness (QED) is 0.494. The predicted molar refractivity (Wildman–Crippen MR) is 120 cm³/mol. The highest BCUT2D eigenvalue weighted by Crippen LogP contribution is 2.25. The van der Waals surface area contributed by atoms with E-state index in [9.17, 15) is 9.59 Å². The number of amides is 1. The van der Waals surface area contributed by atoms with Crippen molar-refractivity contribution in [2.45, 2.75) is 13.1 Å². The van der Waals surface area contributed by atoms with E-state index in [2.05, 4.69) is 15.3 Å². The Bertz CT molecular complexity index is 1260. The topological polar surface area (TPSA) is 80.1 Å². The number of para-hydroxylation sites is 1. The van der Waals surface area contributed by atoms with Gasteiger partial charge in [0, 0.05) is 13.6 Å². The molecular formula is C21H18ClN5O2S. The second kappa shape index (κ2) is 8.64. The number of rotatable bonds is 6. The minimum Gasteiger partial charge on any atom is -0.347 e. The number of carbonyl (C=O) groups excluding carboxylic acids is 1. The average molecular weight is 440 g/mol. The molecule has 2 aromatic heterocycles. The molecule has 0 saturated carbocycles. The van der Waals surface area contributed by atoms with Crippen molar-refractivity contribution in [1.29, 1.82) is 0 Å². The summed E-state index contributed by atoms with van der Waals surface area (Å²) in [7, 11) is 1.92. The molecule has 2 aromatic carbocycles. The molecular weight excluding hydrogens is 422 g/mol. The summed E-state index contributed by atoms with van der Waals surface area (Å²) in [5.41, 5.74) is 1.71. The molecule has 1 N–H and O–H groups in total. The summed E-state index contributed by atoms with van der Waals surface area (Å²) in [5.74, 6) is -0.364. The summed E-state index contributed by atoms with van der Waals surface area (Å²) >= 11 is 7.33. The standard InChI is InChI=1S/C21H18ClN5O2S/c1-26(11-14-7-3-2-4-8-14)21-25-19-18(30-21)20(29)27(13-23-19)12-17(28)24-16-10-6-5-9-15(16)22/h2-10,13H,11-12H2,1H3,(H,24,28). The zero-order valence-electron chi connectivity index (χ0n) is 16.1. The Morgan fingerprint density at radius 1 is 1.17 bits per heavy atom. The fourth-order valence-corrected chi connectivity index (χ4v) is 4.06. The Kier molecular flexibility index (Phi) is 5.78. The number of aromatic nitrogens is 3. The fraction of sp³-hybridized carbons (Fsp3) is 0.143. The normalized spacial score (nSPS) is 10.9. The smallest absolute Gasteiger partial charge is 0.273 e. The number of anilines is 2. The summed E-state index contributed by atoms with van der Waals surface area (Å²) < 4.78 is 1.69. The first-order chi connectivity index (χ1) is 14.5. The van der Waals surface area contributed by atoms with E-state index in [-0.39, 0.29) is 18.0 Å². The molecule has 152 valence electrons. The number of hydrogen-bond acceptors (Lipinski definition) is 6. The first-order valence-corrected chi connectivity index (χ1v) is 10.4. The van der Waals surface area contributed by atoms with Gasteiger partial charge in [0.25, 0.3) is 5.56 Å². The Balaban J connectivity index is 1.53. The number of fused-ring (bicyclic) bond motifs is 1. The lowest BCUT2D eigenvalue weighted by Gasteiger charge is -2.15. The molecule has 0 aliphatic heterocycles. The number of halogens is 1. The minimum atomic E-state index is -0.364. The van der Waals surface area contributed by atoms with Crippen LogP contribution in [0, 0.1) is 0 Å². The lowest BCUT2D eigenvalue weighted by atomic mass is 10.2. The molecule has 0 atom stereocenters. The molecule has 0 fully saturated rings. The van der Waals surface area contributed by atoms with Crippen LogP contribution in [-0.2, 0) is 17.9 Å². The van der Waals surface area contributed by atoms with Crippen molar-refractivity contribution < 1.29 is 4.79 Å². The zero-order chi connectivity index (χ0) is 21.1. The van der Waals surface area contributed by atoms with Crippen molar-refractivity contribution in [2.75, 3.05) is 17.3 Å². The summed E-state index contributed by atoms with van der Waals surface area (Å²) in [6, 6.07) is 16.9. The maximum Gasteiger partial charge on any atom is 0.273 e. The van der Waals surface area contributed by atoms with Gasteiger partial charge in [-0.3, -0.25) is 14.2 Å². The van der Waals surface area contributed by atoms with Crippen LogP contribution in [0.2, 0.25) is 5.02 Å². The largest absolute Gasteiger partial charge is 0.347 e. The van der Waals surface area contributed by atoms with Crippen LogP contribution in [0.15, 0.2) is 65.7 Å². The van der Waals surface area contributed by atoms with E-state index in [1.54, 1.807) is 24.3 Å². The molecule has 0 aliphatic carbocycles. The number of nitrogens with one attached hydrogen (secondary N) is 1. The summed E-state index contributed by atoms with van der Waals surface area (Å²) in [6.45, 7) is 0.495. The van der Waals surface area contributed by atoms with Gasteiger partial charge in [0.1, 0.15) is 17.6 Å². The van der Waals surface area contributed by atoms with Crippen LogP contribution >= 0.6 is 22.9 Å². The molecule has 4 rings (SSSR count). The van der Waals surface area contributed by atoms with Gasteiger partial charge in [0.15, 0.2) is 10.8 Å². The Hall–Kier alpha value is -3.23. The number of hydrogen-bond donors (Lipinski definition) is 1. The van der Waals surface area contributed by atoms with Gasteiger partial charge in [-0.05, 0) is 17.7 Å². The van der Waals surface area contributed by atoms with Crippen molar-refractivity contribution in [3.63, 3.8) is 0 Å². The first-order valence-electron chi connectivity index (χ1n) is 9.16. The molecule has 0 radical (unpaired) electrons. The highest BCUT2D eigenvalue weighted by atomic mass is 35.5. The van der Waals surface area contributed by atoms with E-state index in [4.69, 9.17) is 11.6 Å². The zero-order valence-corrected chi connectivity index (χ0v) is 17.7. The van der Waals surface area contributed by atoms with Crippen LogP contribution in [0.4, 0.5) is 10.8 Å². The first kappa shape index (κ1) is 20.1. The van der Waals surface area contributed by atoms with Gasteiger partial charge in [-0.15, -0.1) is 0 Å². The van der Waals surface area contributed by atoms with E-state index in [0.29, 0.717) is 32.7 Å². The monoisotopic (exact) mass is 439 g/mol. The third-order valence-corrected chi connectivity index (χ3v) is 5.90. The Morgan fingerprint density at radius 3 is 2.67 bits per heavy atom. The van der Waals surface area contributed by atoms with Gasteiger partial charge in [-0.25, -0.2) is 4.98 Å². The number of benzene rings is 2. The molecule has 30 heavy (non-hydrogen) atoms. The molecule has 0 saturated heterocycles. The fourth-order valence-electron chi connectivity index (χ4n) is 2.94. The maximum atomic E-state index is 12.8. The lowest BCUT2D eigenvalue weighted by Crippen LogP contribution is -2.27. The minimum absolute atomic E-state index is 0.167. The van der Waals surface area contributed by atoms with Gasteiger partial charge >= 0.3 is 0 Å². The molecule has 0 bridgehead atoms. The molecule has 0 aliphatic rings. The Morgan fingerprint density at radius 2 is 1.90 bits per heavy atom. The lowest BCUT2D eigenvalue weighted by molar-refractivity contribution is -0.116. The van der Waals surface area contributed by atoms with Crippen LogP contribution in [0.1, 0.15) is 5.56 Å². The van der Waals surface area contributed by atoms with Gasteiger partial charge in [-0.2, -0.15) is 4.98 Å². The van der Waals surface area contributed by atoms with Gasteiger partial charge in [0.05, 0.1) is 10.7 Å². The molecule has 2 heterocycles. The van der Waals surface area contributed by atoms with Crippen LogP contribution in [0.5, 0.6) is 0 Å². The van der Waals surface area contributed by atoms with Gasteiger partial charge in [-0.1, -0.05) is 65.4 Å². The van der Waals surface area contributed by atoms with E-state index in [1.807, 2.05) is 42.3 Å². The second-order valence-corrected chi connectivity index (χ2v) is 8.08. The van der Waals surface area contributed by atoms with Crippen LogP contribution < -0.4 is 15.8 Å². The van der Waals surface area contributed by atoms with Crippen molar-refractivity contribution in [3.05, 3.63) is 81.9 Å². The molecule has 0 unspecified atom stereocenters. The SMILES string of the molecule is CN(Cc1ccccc1)c1nc2ncn(CC(=O)Nc3ccccc3Cl)c(=O)c2s1. The maximum absolute atomic E-state index is 12.8. The van der Waals surface area contributed by atoms with Crippen LogP contribution in [0.25, 0.3) is 10.3 Å². The highest BCUT2D eigenvalue weighted by molar-refractivity contribution is 7.22. The van der Waals surface area contributed by atoms with E-state index in [1.165, 1.54) is 22.2 Å². The van der Waals surface area contributed by atoms with Crippen molar-refractivity contribution in [1.82, 2.24) is 14.5 Å². The van der Waals surface area contributed by atoms with Crippen molar-refractivity contribution >= 4 is 50.0 Å². The van der Waals surface area contributed by atoms with E-state index < -0.39 is 0 Å². The summed E-state index contributed by atoms with van der Waals surface area (Å²) in [6.07, 6.45) is 1.34. The summed E-state index contributed by atoms with van der Waals surface area (Å²) in [5, 5.41) is 3.83. The third kappa shape index (κ3) is 4.34. The Labute approximate surface area is 181 Å². The van der Waals surface area contributed by atoms with Crippen LogP contribution in [-0.4, -0.2) is 27.5 Å². The van der Waals surface area contributed by atoms with E-state index >= 15 is 0 Å². The predicted octanol–water partition coefficient (Wildman–Crippen LogP) is 3.78. The third-order valence-electron chi connectivity index (χ3n) is 4.42. The van der Waals surface area contributed by atoms with Gasteiger partial charge < -0.3 is 10.2 Å². The molecule has 1 amide bonds. The molecule has 0 spiro atoms. The van der Waals surface area contributed by atoms with Crippen molar-refractivity contribution in [2.24, 2.45) is 0 Å². The highest BCUT2D eigenvalue weighted by Gasteiger charge is 2.15.